The van der Waals surface area contributed by atoms with Gasteiger partial charge in [0.1, 0.15) is 30.0 Å². The first kappa shape index (κ1) is 68.5. The van der Waals surface area contributed by atoms with Crippen LogP contribution in [0.5, 0.6) is 0 Å². The van der Waals surface area contributed by atoms with E-state index in [1.54, 1.807) is 50.1 Å². The molecule has 0 aromatic heterocycles. The maximum atomic E-state index is 14.8. The number of aliphatic hydroxyl groups excluding tert-OH is 3. The SMILES string of the molecule is CC[C@H]1OC(=O)[C@H](C)[C@@H](C2C[C@@](C)(OC)[C@@H](O)[C@H](C)O2)[C@H](C)[C@@H](O[C@@H]2O[C@H](C)C[C@H](N(C)C)[C@H]2O)[C@](C)(O)C[C@@H](C)CN(C(=O)CCCCCCCCCCC[PH](c2ccccc2)(c2ccccc2)C2CCOCC2)[C@H](C)[C@@H](O)[C@]1(C)O. The first-order valence-electron chi connectivity index (χ1n) is 31.7. The van der Waals surface area contributed by atoms with Crippen LogP contribution in [0, 0.1) is 23.7 Å². The van der Waals surface area contributed by atoms with Gasteiger partial charge in [0.2, 0.25) is 0 Å². The third kappa shape index (κ3) is 16.5. The summed E-state index contributed by atoms with van der Waals surface area (Å²) in [6.45, 7) is 19.6. The number of aliphatic hydroxyl groups is 5. The van der Waals surface area contributed by atoms with Crippen LogP contribution in [0.15, 0.2) is 60.7 Å². The third-order valence-corrected chi connectivity index (χ3v) is 25.9. The van der Waals surface area contributed by atoms with E-state index in [4.69, 9.17) is 28.4 Å². The quantitative estimate of drug-likeness (QED) is 0.0453. The smallest absolute Gasteiger partial charge is 0.126 e. The van der Waals surface area contributed by atoms with Crippen LogP contribution >= 0.6 is 7.26 Å². The normalized spacial score (nSPS) is 37.2. The van der Waals surface area contributed by atoms with Crippen LogP contribution in [0.3, 0.4) is 0 Å². The molecule has 18 atom stereocenters. The van der Waals surface area contributed by atoms with E-state index < -0.39 is 103 Å². The minimum absolute atomic E-state index is 0.110. The van der Waals surface area contributed by atoms with E-state index in [0.29, 0.717) is 18.5 Å². The average Bonchev–Trinajstić information content (AvgIpc) is 2.38. The zero-order valence-electron chi connectivity index (χ0n) is 52.5. The molecule has 2 aromatic carbocycles. The van der Waals surface area contributed by atoms with Crippen molar-refractivity contribution < 1.29 is 63.5 Å². The summed E-state index contributed by atoms with van der Waals surface area (Å²) < 4.78 is 38.1. The summed E-state index contributed by atoms with van der Waals surface area (Å²) in [5.74, 6) is -3.60. The summed E-state index contributed by atoms with van der Waals surface area (Å²) in [7, 11) is 3.28. The second-order valence-electron chi connectivity index (χ2n) is 26.6. The number of amides is 1. The number of likely N-dealkylation sites (N-methyl/N-ethyl adjacent to an activating group) is 1. The van der Waals surface area contributed by atoms with E-state index in [2.05, 4.69) is 60.7 Å². The molecule has 0 saturated carbocycles. The molecule has 4 aliphatic heterocycles. The Labute approximate surface area is 494 Å². The minimum atomic E-state index is -2.05. The summed E-state index contributed by atoms with van der Waals surface area (Å²) in [4.78, 5) is 33.0. The van der Waals surface area contributed by atoms with Gasteiger partial charge in [-0.3, -0.25) is 9.59 Å². The molecule has 0 aliphatic carbocycles. The number of carbonyl (C=O) groups is 2. The van der Waals surface area contributed by atoms with Crippen molar-refractivity contribution in [2.75, 3.05) is 47.1 Å². The fourth-order valence-corrected chi connectivity index (χ4v) is 21.1. The first-order chi connectivity index (χ1) is 38.8. The Morgan fingerprint density at radius 1 is 0.780 bits per heavy atom. The molecule has 4 fully saturated rings. The number of benzene rings is 2. The van der Waals surface area contributed by atoms with E-state index in [9.17, 15) is 35.1 Å². The number of hydrogen-bond acceptors (Lipinski definition) is 14. The topological polar surface area (TPSA) is 197 Å². The molecule has 1 amide bonds. The summed E-state index contributed by atoms with van der Waals surface area (Å²) in [6, 6.07) is 21.5. The maximum absolute atomic E-state index is 14.8. The molecule has 1 unspecified atom stereocenters. The number of esters is 1. The van der Waals surface area contributed by atoms with Crippen molar-refractivity contribution in [3.05, 3.63) is 60.7 Å². The van der Waals surface area contributed by atoms with Crippen LogP contribution in [0.2, 0.25) is 0 Å². The van der Waals surface area contributed by atoms with Gasteiger partial charge in [0.05, 0.1) is 47.6 Å². The van der Waals surface area contributed by atoms with E-state index in [0.717, 1.165) is 51.7 Å². The molecule has 4 aliphatic rings. The number of methoxy groups -OCH3 is 1. The van der Waals surface area contributed by atoms with Crippen LogP contribution in [-0.2, 0) is 38.0 Å². The van der Waals surface area contributed by atoms with E-state index in [-0.39, 0.29) is 56.2 Å². The van der Waals surface area contributed by atoms with Gasteiger partial charge in [-0.1, -0.05) is 27.7 Å². The van der Waals surface area contributed by atoms with Gasteiger partial charge in [0.15, 0.2) is 6.29 Å². The Balaban J connectivity index is 1.15. The minimum Gasteiger partial charge on any atom is -0.388 e. The average molecular weight is 1170 g/mol. The molecule has 15 nitrogen and oxygen atoms in total. The second-order valence-corrected chi connectivity index (χ2v) is 31.0. The standard InChI is InChI=1S/C66H111N2O13P/c1-14-55-66(10,75)59(71)48(6)68(56(69)34-28-20-18-16-15-17-19-21-29-39-82(50-30-24-22-25-31-50,51-32-26-23-27-33-51)52-35-37-77-38-36-52)43-44(2)41-64(8,74)61(81-63-58(70)53(67(11)12)40-45(3)78-63)46(4)57(47(5)62(73)80-55)54-42-65(9,76-13)60(72)49(7)79-54/h22-27,30-33,44-49,52-55,57-61,63,70-72,74-75,82H,14-21,28-29,34-43H2,1-13H3/t44-,45-,46+,47-,48-,49+,53+,54?,55-,57+,58-,59-,60+,61-,63+,64-,65-,66-/m1/s1. The molecule has 6 rings (SSSR count). The predicted octanol–water partition coefficient (Wildman–Crippen LogP) is 8.55. The van der Waals surface area contributed by atoms with Crippen molar-refractivity contribution in [1.82, 2.24) is 9.80 Å². The van der Waals surface area contributed by atoms with Crippen LogP contribution in [0.1, 0.15) is 172 Å². The van der Waals surface area contributed by atoms with Crippen LogP contribution in [-0.4, -0.2) is 184 Å². The Morgan fingerprint density at radius 2 is 1.34 bits per heavy atom. The van der Waals surface area contributed by atoms with Gasteiger partial charge in [0.25, 0.3) is 0 Å². The Bertz CT molecular complexity index is 2180. The molecular formula is C66H111N2O13P. The van der Waals surface area contributed by atoms with Crippen molar-refractivity contribution in [3.8, 4) is 0 Å². The van der Waals surface area contributed by atoms with E-state index in [1.807, 2.05) is 46.7 Å². The molecule has 2 aromatic rings. The van der Waals surface area contributed by atoms with Crippen LogP contribution in [0.4, 0.5) is 0 Å². The van der Waals surface area contributed by atoms with Gasteiger partial charge in [-0.25, -0.2) is 0 Å². The van der Waals surface area contributed by atoms with E-state index >= 15 is 0 Å². The Kier molecular flexibility index (Phi) is 25.7. The second kappa shape index (κ2) is 30.8. The molecule has 5 N–H and O–H groups in total. The number of hydrogen-bond donors (Lipinski definition) is 5. The Morgan fingerprint density at radius 3 is 1.89 bits per heavy atom. The fourth-order valence-electron chi connectivity index (χ4n) is 15.2. The van der Waals surface area contributed by atoms with Gasteiger partial charge in [0, 0.05) is 32.0 Å². The number of cyclic esters (lactones) is 1. The molecule has 0 spiro atoms. The zero-order chi connectivity index (χ0) is 60.2. The first-order valence-corrected chi connectivity index (χ1v) is 34.0. The van der Waals surface area contributed by atoms with Gasteiger partial charge in [-0.2, -0.15) is 0 Å². The summed E-state index contributed by atoms with van der Waals surface area (Å²) in [5.41, 5.74) is -4.05. The van der Waals surface area contributed by atoms with Crippen molar-refractivity contribution in [1.29, 1.82) is 0 Å². The fraction of sp³-hybridized carbons (Fsp3) is 0.788. The van der Waals surface area contributed by atoms with Crippen molar-refractivity contribution in [2.24, 2.45) is 23.7 Å². The van der Waals surface area contributed by atoms with Crippen LogP contribution in [0.25, 0.3) is 0 Å². The van der Waals surface area contributed by atoms with E-state index in [1.165, 1.54) is 45.9 Å². The summed E-state index contributed by atoms with van der Waals surface area (Å²) in [5, 5.41) is 64.0. The molecule has 4 saturated heterocycles. The van der Waals surface area contributed by atoms with Gasteiger partial charge >= 0.3 is 197 Å². The predicted molar refractivity (Wildman–Crippen MR) is 327 cm³/mol. The number of ether oxygens (including phenoxy) is 6. The van der Waals surface area contributed by atoms with Crippen LogP contribution < -0.4 is 10.6 Å². The molecule has 468 valence electrons. The van der Waals surface area contributed by atoms with Gasteiger partial charge in [-0.05, 0) is 86.7 Å². The number of unbranched alkanes of at least 4 members (excludes halogenated alkanes) is 8. The maximum Gasteiger partial charge on any atom is 0.126 e. The summed E-state index contributed by atoms with van der Waals surface area (Å²) >= 11 is 0. The molecule has 0 bridgehead atoms. The number of nitrogens with zero attached hydrogens (tertiary/aromatic N) is 2. The van der Waals surface area contributed by atoms with Crippen molar-refractivity contribution >= 4 is 29.7 Å². The molecule has 0 radical (unpaired) electrons. The summed E-state index contributed by atoms with van der Waals surface area (Å²) in [6.07, 6.45) is 5.62. The Hall–Kier alpha value is -2.63. The molecule has 4 heterocycles. The molecular weight excluding hydrogens is 1060 g/mol. The van der Waals surface area contributed by atoms with Gasteiger partial charge in [-0.15, -0.1) is 0 Å². The zero-order valence-corrected chi connectivity index (χ0v) is 53.5. The number of rotatable bonds is 21. The van der Waals surface area contributed by atoms with Crippen molar-refractivity contribution in [3.63, 3.8) is 0 Å². The monoisotopic (exact) mass is 1170 g/mol. The van der Waals surface area contributed by atoms with Gasteiger partial charge < -0.3 is 59.0 Å². The molecule has 82 heavy (non-hydrogen) atoms. The van der Waals surface area contributed by atoms with Crippen molar-refractivity contribution in [2.45, 2.75) is 262 Å². The largest absolute Gasteiger partial charge is 0.388 e. The molecule has 16 heteroatoms. The third-order valence-electron chi connectivity index (χ3n) is 20.0. The number of carbonyl (C=O) groups excluding carboxylic acids is 2.